The molecule has 1 aromatic heterocycles. The van der Waals surface area contributed by atoms with Crippen LogP contribution in [0.2, 0.25) is 0 Å². The summed E-state index contributed by atoms with van der Waals surface area (Å²) in [5.41, 5.74) is 3.18. The highest BCUT2D eigenvalue weighted by Crippen LogP contribution is 2.40. The van der Waals surface area contributed by atoms with Gasteiger partial charge in [0.05, 0.1) is 6.20 Å². The van der Waals surface area contributed by atoms with Crippen LogP contribution in [0.1, 0.15) is 17.5 Å². The van der Waals surface area contributed by atoms with Crippen LogP contribution in [0, 0.1) is 0 Å². The zero-order valence-electron chi connectivity index (χ0n) is 10.6. The Labute approximate surface area is 114 Å². The van der Waals surface area contributed by atoms with Gasteiger partial charge in [-0.25, -0.2) is 4.79 Å². The fourth-order valence-corrected chi connectivity index (χ4v) is 3.12. The average Bonchev–Trinajstić information content (AvgIpc) is 3.12. The van der Waals surface area contributed by atoms with Crippen LogP contribution in [0.3, 0.4) is 0 Å². The van der Waals surface area contributed by atoms with E-state index in [1.165, 1.54) is 0 Å². The van der Waals surface area contributed by atoms with Gasteiger partial charge in [0.15, 0.2) is 0 Å². The molecule has 1 saturated heterocycles. The van der Waals surface area contributed by atoms with Crippen molar-refractivity contribution >= 4 is 11.9 Å². The zero-order valence-corrected chi connectivity index (χ0v) is 10.6. The number of urea groups is 1. The molecule has 2 aliphatic rings. The first kappa shape index (κ1) is 11.2. The highest BCUT2D eigenvalue weighted by Gasteiger charge is 2.51. The van der Waals surface area contributed by atoms with Crippen molar-refractivity contribution in [3.05, 3.63) is 41.7 Å². The first-order valence-corrected chi connectivity index (χ1v) is 6.45. The summed E-state index contributed by atoms with van der Waals surface area (Å²) in [5.74, 6) is -0.252. The smallest absolute Gasteiger partial charge is 0.319 e. The van der Waals surface area contributed by atoms with Crippen LogP contribution >= 0.6 is 0 Å². The normalized spacial score (nSPS) is 23.8. The van der Waals surface area contributed by atoms with E-state index in [1.54, 1.807) is 6.20 Å². The van der Waals surface area contributed by atoms with Gasteiger partial charge in [-0.1, -0.05) is 18.2 Å². The fraction of sp³-hybridized carbons (Fsp3) is 0.214. The molecule has 2 aromatic rings. The van der Waals surface area contributed by atoms with Gasteiger partial charge in [-0.15, -0.1) is 0 Å². The molecule has 1 unspecified atom stereocenters. The molecule has 1 aromatic carbocycles. The maximum atomic E-state index is 12.1. The van der Waals surface area contributed by atoms with Gasteiger partial charge in [0.2, 0.25) is 0 Å². The van der Waals surface area contributed by atoms with Crippen molar-refractivity contribution in [1.82, 2.24) is 20.8 Å². The average molecular weight is 268 g/mol. The van der Waals surface area contributed by atoms with E-state index in [4.69, 9.17) is 0 Å². The van der Waals surface area contributed by atoms with Gasteiger partial charge >= 0.3 is 6.03 Å². The molecule has 1 fully saturated rings. The molecule has 1 aliphatic carbocycles. The van der Waals surface area contributed by atoms with Gasteiger partial charge in [-0.2, -0.15) is 5.10 Å². The third kappa shape index (κ3) is 1.36. The molecular weight excluding hydrogens is 256 g/mol. The van der Waals surface area contributed by atoms with Crippen molar-refractivity contribution in [1.29, 1.82) is 0 Å². The van der Waals surface area contributed by atoms with Crippen LogP contribution in [0.25, 0.3) is 11.1 Å². The molecule has 0 saturated carbocycles. The second-order valence-corrected chi connectivity index (χ2v) is 5.17. The van der Waals surface area contributed by atoms with Gasteiger partial charge in [-0.3, -0.25) is 15.2 Å². The van der Waals surface area contributed by atoms with E-state index >= 15 is 0 Å². The third-order valence-electron chi connectivity index (χ3n) is 4.11. The molecule has 3 amide bonds. The molecule has 1 aliphatic heterocycles. The van der Waals surface area contributed by atoms with Crippen molar-refractivity contribution in [3.63, 3.8) is 0 Å². The lowest BCUT2D eigenvalue weighted by Gasteiger charge is -2.21. The number of hydrogen-bond donors (Lipinski definition) is 3. The maximum Gasteiger partial charge on any atom is 0.322 e. The molecule has 2 heterocycles. The maximum absolute atomic E-state index is 12.1. The Bertz CT molecular complexity index is 723. The van der Waals surface area contributed by atoms with Gasteiger partial charge in [0.1, 0.15) is 5.54 Å². The Morgan fingerprint density at radius 2 is 2.10 bits per heavy atom. The molecular formula is C14H12N4O2. The number of H-pyrrole nitrogens is 1. The molecule has 20 heavy (non-hydrogen) atoms. The summed E-state index contributed by atoms with van der Waals surface area (Å²) in [6.45, 7) is 0. The topological polar surface area (TPSA) is 86.9 Å². The lowest BCUT2D eigenvalue weighted by Crippen LogP contribution is -2.41. The number of fused-ring (bicyclic) bond motifs is 2. The van der Waals surface area contributed by atoms with E-state index < -0.39 is 11.6 Å². The summed E-state index contributed by atoms with van der Waals surface area (Å²) < 4.78 is 0. The van der Waals surface area contributed by atoms with Gasteiger partial charge in [-0.05, 0) is 29.5 Å². The highest BCUT2D eigenvalue weighted by molar-refractivity contribution is 6.08. The monoisotopic (exact) mass is 268 g/mol. The Balaban J connectivity index is 1.81. The first-order chi connectivity index (χ1) is 9.69. The molecule has 4 rings (SSSR count). The van der Waals surface area contributed by atoms with E-state index in [2.05, 4.69) is 26.9 Å². The number of benzene rings is 1. The Kier molecular flexibility index (Phi) is 2.07. The third-order valence-corrected chi connectivity index (χ3v) is 4.11. The van der Waals surface area contributed by atoms with Crippen LogP contribution in [0.15, 0.2) is 30.6 Å². The summed E-state index contributed by atoms with van der Waals surface area (Å²) in [4.78, 5) is 23.5. The number of nitrogens with one attached hydrogen (secondary N) is 3. The van der Waals surface area contributed by atoms with E-state index in [1.807, 2.05) is 18.3 Å². The fourth-order valence-electron chi connectivity index (χ4n) is 3.12. The molecule has 3 N–H and O–H groups in total. The van der Waals surface area contributed by atoms with Crippen LogP contribution < -0.4 is 10.6 Å². The summed E-state index contributed by atoms with van der Waals surface area (Å²) in [7, 11) is 0. The van der Waals surface area contributed by atoms with Gasteiger partial charge in [0, 0.05) is 11.8 Å². The van der Waals surface area contributed by atoms with Crippen molar-refractivity contribution in [2.24, 2.45) is 0 Å². The first-order valence-electron chi connectivity index (χ1n) is 6.45. The largest absolute Gasteiger partial charge is 0.322 e. The number of carbonyl (C=O) groups excluding carboxylic acids is 2. The van der Waals surface area contributed by atoms with Crippen molar-refractivity contribution < 1.29 is 9.59 Å². The zero-order chi connectivity index (χ0) is 13.7. The van der Waals surface area contributed by atoms with Crippen LogP contribution in [0.5, 0.6) is 0 Å². The van der Waals surface area contributed by atoms with E-state index in [0.29, 0.717) is 6.42 Å². The Morgan fingerprint density at radius 3 is 2.80 bits per heavy atom. The van der Waals surface area contributed by atoms with Crippen molar-refractivity contribution in [3.8, 4) is 11.1 Å². The number of amides is 3. The Morgan fingerprint density at radius 1 is 1.20 bits per heavy atom. The quantitative estimate of drug-likeness (QED) is 0.676. The predicted molar refractivity (Wildman–Crippen MR) is 70.7 cm³/mol. The minimum absolute atomic E-state index is 0.252. The van der Waals surface area contributed by atoms with E-state index in [9.17, 15) is 9.59 Å². The molecule has 1 atom stereocenters. The standard InChI is InChI=1S/C14H12N4O2/c19-12-14(18-13(20)17-12)4-3-9-5-8(1-2-11(9)14)10-6-15-16-7-10/h1-2,5-7H,3-4H2,(H,15,16)(H2,17,18,19,20). The van der Waals surface area contributed by atoms with Crippen LogP contribution in [-0.2, 0) is 16.8 Å². The second kappa shape index (κ2) is 3.69. The van der Waals surface area contributed by atoms with E-state index in [0.717, 1.165) is 28.7 Å². The van der Waals surface area contributed by atoms with Crippen LogP contribution in [-0.4, -0.2) is 22.1 Å². The minimum atomic E-state index is -0.874. The number of aromatic amines is 1. The molecule has 0 radical (unpaired) electrons. The summed E-state index contributed by atoms with van der Waals surface area (Å²) in [6.07, 6.45) is 4.97. The number of imide groups is 1. The lowest BCUT2D eigenvalue weighted by atomic mass is 9.91. The number of carbonyl (C=O) groups is 2. The number of rotatable bonds is 1. The molecule has 6 heteroatoms. The number of nitrogens with zero attached hydrogens (tertiary/aromatic N) is 1. The second-order valence-electron chi connectivity index (χ2n) is 5.17. The lowest BCUT2D eigenvalue weighted by molar-refractivity contribution is -0.124. The summed E-state index contributed by atoms with van der Waals surface area (Å²) in [6, 6.07) is 5.53. The number of hydrogen-bond acceptors (Lipinski definition) is 3. The van der Waals surface area contributed by atoms with E-state index in [-0.39, 0.29) is 5.91 Å². The van der Waals surface area contributed by atoms with Crippen molar-refractivity contribution in [2.45, 2.75) is 18.4 Å². The number of aryl methyl sites for hydroxylation is 1. The molecule has 0 bridgehead atoms. The molecule has 100 valence electrons. The van der Waals surface area contributed by atoms with Gasteiger partial charge in [0.25, 0.3) is 5.91 Å². The highest BCUT2D eigenvalue weighted by atomic mass is 16.2. The predicted octanol–water partition coefficient (Wildman–Crippen LogP) is 1.06. The summed E-state index contributed by atoms with van der Waals surface area (Å²) in [5, 5.41) is 11.8. The number of aromatic nitrogens is 2. The van der Waals surface area contributed by atoms with Crippen molar-refractivity contribution in [2.75, 3.05) is 0 Å². The minimum Gasteiger partial charge on any atom is -0.319 e. The van der Waals surface area contributed by atoms with Gasteiger partial charge < -0.3 is 5.32 Å². The molecule has 6 nitrogen and oxygen atoms in total. The van der Waals surface area contributed by atoms with Crippen LogP contribution in [0.4, 0.5) is 4.79 Å². The Hall–Kier alpha value is -2.63. The SMILES string of the molecule is O=C1NC(=O)C2(CCc3cc(-c4cn[nH]c4)ccc32)N1. The molecule has 1 spiro atoms. The summed E-state index contributed by atoms with van der Waals surface area (Å²) >= 11 is 0.